The van der Waals surface area contributed by atoms with Crippen LogP contribution in [0.15, 0.2) is 42.5 Å². The first kappa shape index (κ1) is 16.7. The highest BCUT2D eigenvalue weighted by molar-refractivity contribution is 7.23. The largest absolute Gasteiger partial charge is 0.462 e. The van der Waals surface area contributed by atoms with Crippen LogP contribution in [0.5, 0.6) is 0 Å². The summed E-state index contributed by atoms with van der Waals surface area (Å²) in [5.74, 6) is -0.478. The molecular weight excluding hydrogens is 342 g/mol. The Morgan fingerprint density at radius 3 is 2.80 bits per heavy atom. The fraction of sp³-hybridized carbons (Fsp3) is 0.118. The van der Waals surface area contributed by atoms with Crippen LogP contribution >= 0.6 is 11.3 Å². The van der Waals surface area contributed by atoms with Crippen molar-refractivity contribution < 1.29 is 14.5 Å². The second-order valence-electron chi connectivity index (χ2n) is 5.18. The Labute approximate surface area is 147 Å². The summed E-state index contributed by atoms with van der Waals surface area (Å²) in [6, 6.07) is 11.6. The lowest BCUT2D eigenvalue weighted by atomic mass is 10.1. The van der Waals surface area contributed by atoms with Crippen molar-refractivity contribution in [3.05, 3.63) is 58.1 Å². The summed E-state index contributed by atoms with van der Waals surface area (Å²) < 4.78 is 6.02. The minimum absolute atomic E-state index is 0.124. The average molecular weight is 357 g/mol. The maximum absolute atomic E-state index is 12.4. The van der Waals surface area contributed by atoms with Gasteiger partial charge in [0.1, 0.15) is 16.3 Å². The summed E-state index contributed by atoms with van der Waals surface area (Å²) in [5.41, 5.74) is 6.59. The molecule has 0 saturated heterocycles. The van der Waals surface area contributed by atoms with Crippen LogP contribution < -0.4 is 11.1 Å². The van der Waals surface area contributed by atoms with Gasteiger partial charge in [-0.05, 0) is 25.1 Å². The lowest BCUT2D eigenvalue weighted by Crippen LogP contribution is -2.07. The number of carbonyl (C=O) groups excluding carboxylic acids is 1. The number of nitrogens with zero attached hydrogens (tertiary/aromatic N) is 1. The molecule has 1 aromatic heterocycles. The molecule has 0 atom stereocenters. The molecule has 0 fully saturated rings. The number of nitro benzene ring substituents is 1. The predicted octanol–water partition coefficient (Wildman–Crippen LogP) is 4.31. The molecule has 0 radical (unpaired) electrons. The number of thiophene rings is 1. The molecule has 0 saturated carbocycles. The van der Waals surface area contributed by atoms with Gasteiger partial charge in [0, 0.05) is 21.8 Å². The second-order valence-corrected chi connectivity index (χ2v) is 6.23. The maximum Gasteiger partial charge on any atom is 0.341 e. The van der Waals surface area contributed by atoms with Crippen LogP contribution in [0.3, 0.4) is 0 Å². The van der Waals surface area contributed by atoms with Gasteiger partial charge in [-0.2, -0.15) is 0 Å². The van der Waals surface area contributed by atoms with Crippen molar-refractivity contribution in [2.45, 2.75) is 6.92 Å². The zero-order valence-corrected chi connectivity index (χ0v) is 14.1. The number of hydrogen-bond acceptors (Lipinski definition) is 7. The van der Waals surface area contributed by atoms with Gasteiger partial charge in [-0.25, -0.2) is 4.79 Å². The Balaban J connectivity index is 2.13. The number of anilines is 3. The summed E-state index contributed by atoms with van der Waals surface area (Å²) in [5, 5.41) is 15.5. The summed E-state index contributed by atoms with van der Waals surface area (Å²) in [6.07, 6.45) is 0. The normalized spacial score (nSPS) is 10.6. The molecule has 8 heteroatoms. The summed E-state index contributed by atoms with van der Waals surface area (Å²) in [7, 11) is 0. The highest BCUT2D eigenvalue weighted by Crippen LogP contribution is 2.40. The van der Waals surface area contributed by atoms with Crippen molar-refractivity contribution in [3.63, 3.8) is 0 Å². The van der Waals surface area contributed by atoms with Crippen LogP contribution in [-0.4, -0.2) is 17.5 Å². The number of hydrogen-bond donors (Lipinski definition) is 2. The molecular formula is C17H15N3O4S. The number of benzene rings is 2. The van der Waals surface area contributed by atoms with Crippen LogP contribution in [0, 0.1) is 10.1 Å². The molecule has 3 N–H and O–H groups in total. The molecule has 25 heavy (non-hydrogen) atoms. The standard InChI is InChI=1S/C17H15N3O4S/c1-2-24-17(21)15-11-5-3-4-6-14(11)25-16(15)19-12-9-10(18)7-8-13(12)20(22)23/h3-9,19H,2,18H2,1H3. The van der Waals surface area contributed by atoms with E-state index in [0.717, 1.165) is 10.1 Å². The van der Waals surface area contributed by atoms with Gasteiger partial charge < -0.3 is 15.8 Å². The summed E-state index contributed by atoms with van der Waals surface area (Å²) in [6.45, 7) is 1.96. The number of rotatable bonds is 5. The van der Waals surface area contributed by atoms with Gasteiger partial charge in [0.2, 0.25) is 0 Å². The fourth-order valence-corrected chi connectivity index (χ4v) is 3.58. The summed E-state index contributed by atoms with van der Waals surface area (Å²) in [4.78, 5) is 23.2. The van der Waals surface area contributed by atoms with Gasteiger partial charge in [-0.3, -0.25) is 10.1 Å². The van der Waals surface area contributed by atoms with Crippen LogP contribution in [0.4, 0.5) is 22.1 Å². The van der Waals surface area contributed by atoms with E-state index in [1.165, 1.54) is 29.5 Å². The Kier molecular flexibility index (Phi) is 4.53. The molecule has 3 aromatic rings. The first-order valence-corrected chi connectivity index (χ1v) is 8.32. The quantitative estimate of drug-likeness (QED) is 0.305. The molecule has 0 aliphatic rings. The maximum atomic E-state index is 12.4. The number of nitrogen functional groups attached to an aromatic ring is 1. The molecule has 2 aromatic carbocycles. The zero-order chi connectivity index (χ0) is 18.0. The molecule has 0 bridgehead atoms. The number of ether oxygens (including phenoxy) is 1. The Hall–Kier alpha value is -3.13. The number of nitro groups is 1. The number of carbonyl (C=O) groups is 1. The van der Waals surface area contributed by atoms with Crippen LogP contribution in [-0.2, 0) is 4.74 Å². The van der Waals surface area contributed by atoms with Gasteiger partial charge >= 0.3 is 5.97 Å². The third-order valence-electron chi connectivity index (χ3n) is 3.54. The van der Waals surface area contributed by atoms with Crippen molar-refractivity contribution in [2.75, 3.05) is 17.7 Å². The molecule has 0 unspecified atom stereocenters. The molecule has 0 amide bonds. The van der Waals surface area contributed by atoms with E-state index in [1.807, 2.05) is 24.3 Å². The van der Waals surface area contributed by atoms with Crippen molar-refractivity contribution >= 4 is 49.5 Å². The molecule has 0 aliphatic carbocycles. The van der Waals surface area contributed by atoms with Crippen molar-refractivity contribution in [1.29, 1.82) is 0 Å². The van der Waals surface area contributed by atoms with Gasteiger partial charge in [-0.15, -0.1) is 11.3 Å². The van der Waals surface area contributed by atoms with Gasteiger partial charge in [-0.1, -0.05) is 18.2 Å². The first-order chi connectivity index (χ1) is 12.0. The van der Waals surface area contributed by atoms with E-state index >= 15 is 0 Å². The van der Waals surface area contributed by atoms with Crippen LogP contribution in [0.25, 0.3) is 10.1 Å². The molecule has 0 aliphatic heterocycles. The minimum Gasteiger partial charge on any atom is -0.462 e. The molecule has 128 valence electrons. The van der Waals surface area contributed by atoms with E-state index in [0.29, 0.717) is 16.3 Å². The van der Waals surface area contributed by atoms with Gasteiger partial charge in [0.05, 0.1) is 11.5 Å². The van der Waals surface area contributed by atoms with Gasteiger partial charge in [0.15, 0.2) is 0 Å². The Morgan fingerprint density at radius 1 is 1.32 bits per heavy atom. The molecule has 0 spiro atoms. The third-order valence-corrected chi connectivity index (χ3v) is 4.63. The number of fused-ring (bicyclic) bond motifs is 1. The molecule has 1 heterocycles. The second kappa shape index (κ2) is 6.78. The SMILES string of the molecule is CCOC(=O)c1c(Nc2cc(N)ccc2[N+](=O)[O-])sc2ccccc12. The van der Waals surface area contributed by atoms with E-state index in [2.05, 4.69) is 5.32 Å². The van der Waals surface area contributed by atoms with Crippen molar-refractivity contribution in [3.8, 4) is 0 Å². The average Bonchev–Trinajstić information content (AvgIpc) is 2.92. The third kappa shape index (κ3) is 3.24. The van der Waals surface area contributed by atoms with Crippen molar-refractivity contribution in [1.82, 2.24) is 0 Å². The summed E-state index contributed by atoms with van der Waals surface area (Å²) >= 11 is 1.32. The van der Waals surface area contributed by atoms with Crippen molar-refractivity contribution in [2.24, 2.45) is 0 Å². The number of nitrogens with one attached hydrogen (secondary N) is 1. The lowest BCUT2D eigenvalue weighted by Gasteiger charge is -2.08. The first-order valence-electron chi connectivity index (χ1n) is 7.51. The fourth-order valence-electron chi connectivity index (χ4n) is 2.47. The molecule has 3 rings (SSSR count). The molecule has 7 nitrogen and oxygen atoms in total. The number of esters is 1. The van der Waals surface area contributed by atoms with E-state index in [-0.39, 0.29) is 18.0 Å². The predicted molar refractivity (Wildman–Crippen MR) is 98.6 cm³/mol. The highest BCUT2D eigenvalue weighted by atomic mass is 32.1. The Bertz CT molecular complexity index is 968. The van der Waals surface area contributed by atoms with E-state index < -0.39 is 10.9 Å². The highest BCUT2D eigenvalue weighted by Gasteiger charge is 2.22. The van der Waals surface area contributed by atoms with Crippen LogP contribution in [0.1, 0.15) is 17.3 Å². The smallest absolute Gasteiger partial charge is 0.341 e. The minimum atomic E-state index is -0.501. The Morgan fingerprint density at radius 2 is 2.08 bits per heavy atom. The van der Waals surface area contributed by atoms with E-state index in [9.17, 15) is 14.9 Å². The topological polar surface area (TPSA) is 107 Å². The van der Waals surface area contributed by atoms with Crippen LogP contribution in [0.2, 0.25) is 0 Å². The zero-order valence-electron chi connectivity index (χ0n) is 13.3. The monoisotopic (exact) mass is 357 g/mol. The van der Waals surface area contributed by atoms with E-state index in [1.54, 1.807) is 6.92 Å². The lowest BCUT2D eigenvalue weighted by molar-refractivity contribution is -0.383. The number of nitrogens with two attached hydrogens (primary N) is 1. The van der Waals surface area contributed by atoms with Gasteiger partial charge in [0.25, 0.3) is 5.69 Å². The van der Waals surface area contributed by atoms with E-state index in [4.69, 9.17) is 10.5 Å².